The van der Waals surface area contributed by atoms with Crippen molar-refractivity contribution in [3.05, 3.63) is 155 Å². The average molecular weight is 1100 g/mol. The quantitative estimate of drug-likeness (QED) is 0.0465. The monoisotopic (exact) mass is 1090 g/mol. The van der Waals surface area contributed by atoms with Crippen LogP contribution in [0.25, 0.3) is 78.9 Å². The molecule has 4 atom stereocenters. The summed E-state index contributed by atoms with van der Waals surface area (Å²) < 4.78 is 12.8. The van der Waals surface area contributed by atoms with E-state index in [0.717, 1.165) is 42.4 Å². The zero-order valence-corrected chi connectivity index (χ0v) is 51.6. The van der Waals surface area contributed by atoms with Gasteiger partial charge in [-0.2, -0.15) is 0 Å². The lowest BCUT2D eigenvalue weighted by molar-refractivity contribution is 0.266. The van der Waals surface area contributed by atoms with Gasteiger partial charge in [0.25, 0.3) is 0 Å². The molecule has 0 radical (unpaired) electrons. The Bertz CT molecular complexity index is 3340. The van der Waals surface area contributed by atoms with E-state index < -0.39 is 0 Å². The molecule has 0 aliphatic heterocycles. The number of aromatic nitrogens is 4. The molecule has 10 rings (SSSR count). The lowest BCUT2D eigenvalue weighted by atomic mass is 9.64. The minimum absolute atomic E-state index is 0.0822. The lowest BCUT2D eigenvalue weighted by Gasteiger charge is -2.39. The van der Waals surface area contributed by atoms with Gasteiger partial charge in [-0.15, -0.1) is 20.4 Å². The zero-order chi connectivity index (χ0) is 57.4. The molecule has 2 heterocycles. The predicted molar refractivity (Wildman–Crippen MR) is 343 cm³/mol. The van der Waals surface area contributed by atoms with Crippen molar-refractivity contribution in [3.63, 3.8) is 0 Å². The molecule has 430 valence electrons. The Morgan fingerprint density at radius 1 is 0.329 bits per heavy atom. The SMILES string of the molecule is CCCCC(CC)CC1(CC(CC)CCCC)c2cc(-c3ccc(C)cc3)ccc2-c2ccc(-c3ccc(-c4nnc(-c5ccc6c(c5)C(CC(CC)CCCC)(CC(CC)CCCC)c5cc(-c7nnc(C)o7)ccc5-6)o4)cc3)cc21. The van der Waals surface area contributed by atoms with Gasteiger partial charge in [0.1, 0.15) is 0 Å². The Morgan fingerprint density at radius 2 is 0.622 bits per heavy atom. The first-order chi connectivity index (χ1) is 40.0. The van der Waals surface area contributed by atoms with Crippen molar-refractivity contribution >= 4 is 0 Å². The Labute approximate surface area is 492 Å². The van der Waals surface area contributed by atoms with E-state index in [1.54, 1.807) is 5.56 Å². The second-order valence-electron chi connectivity index (χ2n) is 25.2. The average Bonchev–Trinajstić information content (AvgIpc) is 4.45. The van der Waals surface area contributed by atoms with Crippen molar-refractivity contribution in [2.24, 2.45) is 23.7 Å². The summed E-state index contributed by atoms with van der Waals surface area (Å²) in [6.45, 7) is 23.1. The summed E-state index contributed by atoms with van der Waals surface area (Å²) in [4.78, 5) is 0. The highest BCUT2D eigenvalue weighted by Crippen LogP contribution is 2.60. The van der Waals surface area contributed by atoms with Crippen molar-refractivity contribution < 1.29 is 8.83 Å². The second-order valence-corrected chi connectivity index (χ2v) is 25.2. The molecule has 0 fully saturated rings. The number of unbranched alkanes of at least 4 members (excludes halogenated alkanes) is 4. The standard InChI is InChI=1S/C76H94N4O2/c1-11-19-23-53(15-5)47-75(48-54(16-6)24-20-12-2)68-43-60(57-29-27-51(9)28-30-57)35-39-64(68)65-40-36-61(44-69(65)75)58-31-33-59(34-32-58)72-79-80-74(82-72)63-38-42-67-66-41-37-62(73-78-77-52(10)81-73)45-70(66)76(71(67)46-63,49-55(17-7)25-21-13-3)50-56(18-8)26-22-14-4/h27-46,53-56H,11-26,47-50H2,1-10H3. The lowest BCUT2D eigenvalue weighted by Crippen LogP contribution is -2.31. The molecule has 0 N–H and O–H groups in total. The van der Waals surface area contributed by atoms with Crippen LogP contribution < -0.4 is 0 Å². The van der Waals surface area contributed by atoms with Crippen molar-refractivity contribution in [2.75, 3.05) is 0 Å². The normalized spacial score (nSPS) is 17.5. The van der Waals surface area contributed by atoms with E-state index in [0.29, 0.717) is 47.2 Å². The van der Waals surface area contributed by atoms with Crippen LogP contribution in [0.2, 0.25) is 0 Å². The molecule has 0 spiro atoms. The number of benzene rings is 6. The van der Waals surface area contributed by atoms with Crippen LogP contribution in [0.1, 0.15) is 218 Å². The van der Waals surface area contributed by atoms with Gasteiger partial charge < -0.3 is 8.83 Å². The summed E-state index contributed by atoms with van der Waals surface area (Å²) in [5.41, 5.74) is 20.3. The molecule has 6 aromatic carbocycles. The van der Waals surface area contributed by atoms with Gasteiger partial charge >= 0.3 is 0 Å². The van der Waals surface area contributed by atoms with E-state index in [4.69, 9.17) is 19.0 Å². The topological polar surface area (TPSA) is 77.8 Å². The smallest absolute Gasteiger partial charge is 0.248 e. The Kier molecular flexibility index (Phi) is 19.0. The van der Waals surface area contributed by atoms with Gasteiger partial charge in [0.05, 0.1) is 0 Å². The van der Waals surface area contributed by atoms with E-state index in [1.165, 1.54) is 169 Å². The second kappa shape index (κ2) is 26.5. The third-order valence-electron chi connectivity index (χ3n) is 19.7. The number of aryl methyl sites for hydroxylation is 2. The van der Waals surface area contributed by atoms with Gasteiger partial charge in [0, 0.05) is 34.4 Å². The largest absolute Gasteiger partial charge is 0.421 e. The molecule has 8 aromatic rings. The fraction of sp³-hybridized carbons (Fsp3) is 0.474. The molecule has 6 heteroatoms. The number of rotatable bonds is 29. The first-order valence-electron chi connectivity index (χ1n) is 32.4. The molecule has 0 saturated heterocycles. The van der Waals surface area contributed by atoms with Crippen molar-refractivity contribution in [1.29, 1.82) is 0 Å². The van der Waals surface area contributed by atoms with Gasteiger partial charge in [0.15, 0.2) is 0 Å². The van der Waals surface area contributed by atoms with Crippen LogP contribution in [-0.4, -0.2) is 20.4 Å². The Balaban J connectivity index is 1.01. The highest BCUT2D eigenvalue weighted by atomic mass is 16.4. The summed E-state index contributed by atoms with van der Waals surface area (Å²) in [6, 6.07) is 46.7. The molecule has 2 aromatic heterocycles. The molecule has 82 heavy (non-hydrogen) atoms. The van der Waals surface area contributed by atoms with Crippen molar-refractivity contribution in [2.45, 2.75) is 208 Å². The van der Waals surface area contributed by atoms with Gasteiger partial charge in [-0.25, -0.2) is 0 Å². The van der Waals surface area contributed by atoms with Crippen molar-refractivity contribution in [3.8, 4) is 78.9 Å². The number of hydrogen-bond acceptors (Lipinski definition) is 6. The maximum absolute atomic E-state index is 6.77. The third kappa shape index (κ3) is 12.0. The van der Waals surface area contributed by atoms with Crippen LogP contribution in [-0.2, 0) is 10.8 Å². The number of hydrogen-bond donors (Lipinski definition) is 0. The first kappa shape index (κ1) is 58.8. The third-order valence-corrected chi connectivity index (χ3v) is 19.7. The van der Waals surface area contributed by atoms with Gasteiger partial charge in [-0.3, -0.25) is 0 Å². The summed E-state index contributed by atoms with van der Waals surface area (Å²) >= 11 is 0. The van der Waals surface area contributed by atoms with E-state index in [-0.39, 0.29) is 10.8 Å². The first-order valence-corrected chi connectivity index (χ1v) is 32.4. The van der Waals surface area contributed by atoms with Crippen LogP contribution in [0.5, 0.6) is 0 Å². The maximum Gasteiger partial charge on any atom is 0.248 e. The van der Waals surface area contributed by atoms with Crippen molar-refractivity contribution in [1.82, 2.24) is 20.4 Å². The van der Waals surface area contributed by atoms with E-state index in [2.05, 4.69) is 194 Å². The summed E-state index contributed by atoms with van der Waals surface area (Å²) in [5, 5.41) is 18.3. The molecule has 4 unspecified atom stereocenters. The highest BCUT2D eigenvalue weighted by Gasteiger charge is 2.47. The van der Waals surface area contributed by atoms with Crippen LogP contribution >= 0.6 is 0 Å². The number of nitrogens with zero attached hydrogens (tertiary/aromatic N) is 4. The molecule has 0 bridgehead atoms. The van der Waals surface area contributed by atoms with Gasteiger partial charge in [0.2, 0.25) is 23.6 Å². The minimum Gasteiger partial charge on any atom is -0.421 e. The zero-order valence-electron chi connectivity index (χ0n) is 51.6. The molecule has 2 aliphatic carbocycles. The number of fused-ring (bicyclic) bond motifs is 6. The van der Waals surface area contributed by atoms with E-state index >= 15 is 0 Å². The van der Waals surface area contributed by atoms with Gasteiger partial charge in [-0.05, 0) is 172 Å². The van der Waals surface area contributed by atoms with Crippen LogP contribution in [0.4, 0.5) is 0 Å². The molecular weight excluding hydrogens is 1000 g/mol. The molecule has 0 saturated carbocycles. The van der Waals surface area contributed by atoms with Crippen LogP contribution in [0.15, 0.2) is 130 Å². The fourth-order valence-electron chi connectivity index (χ4n) is 14.8. The predicted octanol–water partition coefficient (Wildman–Crippen LogP) is 22.4. The van der Waals surface area contributed by atoms with E-state index in [9.17, 15) is 0 Å². The molecule has 6 nitrogen and oxygen atoms in total. The summed E-state index contributed by atoms with van der Waals surface area (Å²) in [5.74, 6) is 4.72. The van der Waals surface area contributed by atoms with E-state index in [1.807, 2.05) is 6.92 Å². The van der Waals surface area contributed by atoms with Gasteiger partial charge in [-0.1, -0.05) is 236 Å². The van der Waals surface area contributed by atoms with Crippen LogP contribution in [0.3, 0.4) is 0 Å². The summed E-state index contributed by atoms with van der Waals surface area (Å²) in [7, 11) is 0. The highest BCUT2D eigenvalue weighted by molar-refractivity contribution is 5.87. The molecular formula is C76H94N4O2. The summed E-state index contributed by atoms with van der Waals surface area (Å²) in [6.07, 6.45) is 24.2. The molecule has 2 aliphatic rings. The van der Waals surface area contributed by atoms with Crippen LogP contribution in [0, 0.1) is 37.5 Å². The Hall–Kier alpha value is -6.40. The minimum atomic E-state index is -0.211. The maximum atomic E-state index is 6.77. The molecule has 0 amide bonds. The fourth-order valence-corrected chi connectivity index (χ4v) is 14.8. The Morgan fingerprint density at radius 3 is 0.963 bits per heavy atom.